The number of carbonyl (C=O) groups is 8. The van der Waals surface area contributed by atoms with Gasteiger partial charge in [0, 0.05) is 73.1 Å². The fraction of sp³-hybridized carbons (Fsp3) is 0.444. The summed E-state index contributed by atoms with van der Waals surface area (Å²) < 4.78 is 11.4. The molecule has 0 bridgehead atoms. The first-order valence-electron chi connectivity index (χ1n) is 32.5. The minimum absolute atomic E-state index is 0.00960. The van der Waals surface area contributed by atoms with Crippen LogP contribution < -0.4 is 27.4 Å². The van der Waals surface area contributed by atoms with E-state index in [4.69, 9.17) is 26.3 Å². The quantitative estimate of drug-likeness (QED) is 0.00915. The van der Waals surface area contributed by atoms with Crippen molar-refractivity contribution >= 4 is 58.3 Å². The van der Waals surface area contributed by atoms with Gasteiger partial charge in [-0.15, -0.1) is 0 Å². The minimum atomic E-state index is -0.556. The van der Waals surface area contributed by atoms with Crippen LogP contribution in [0.3, 0.4) is 0 Å². The molecule has 4 aromatic rings. The Bertz CT molecular complexity index is 3240. The summed E-state index contributed by atoms with van der Waals surface area (Å²) in [6.45, 7) is 16.6. The van der Waals surface area contributed by atoms with E-state index in [1.807, 2.05) is 62.4 Å². The number of ether oxygens (including phenoxy) is 2. The summed E-state index contributed by atoms with van der Waals surface area (Å²) in [6, 6.07) is 37.4. The third-order valence-corrected chi connectivity index (χ3v) is 15.3. The van der Waals surface area contributed by atoms with Crippen LogP contribution in [0.15, 0.2) is 167 Å². The Morgan fingerprint density at radius 1 is 0.526 bits per heavy atom. The van der Waals surface area contributed by atoms with Crippen LogP contribution in [0.1, 0.15) is 162 Å². The summed E-state index contributed by atoms with van der Waals surface area (Å²) in [5, 5.41) is 15.0. The van der Waals surface area contributed by atoms with E-state index in [0.29, 0.717) is 84.6 Å². The van der Waals surface area contributed by atoms with Crippen molar-refractivity contribution in [3.8, 4) is 0 Å². The molecule has 0 spiro atoms. The highest BCUT2D eigenvalue weighted by Gasteiger charge is 2.32. The van der Waals surface area contributed by atoms with Crippen LogP contribution in [0, 0.1) is 17.8 Å². The first-order chi connectivity index (χ1) is 46.0. The Morgan fingerprint density at radius 3 is 1.44 bits per heavy atom. The molecule has 4 aromatic carbocycles. The lowest BCUT2D eigenvalue weighted by Gasteiger charge is -2.24. The number of rotatable bonds is 45. The zero-order chi connectivity index (χ0) is 69.4. The third-order valence-electron chi connectivity index (χ3n) is 15.3. The van der Waals surface area contributed by atoms with Gasteiger partial charge < -0.3 is 36.9 Å². The molecule has 508 valence electrons. The molecular weight excluding hydrogens is 1210 g/mol. The average Bonchev–Trinajstić information content (AvgIpc) is 1.65. The standard InChI is InChI=1S/C36H50N8O5.C21H21NO2.C12H19N3O2.C3H5NO/c1-3-26(34(37)46)21-30(22-27(4-2)35(47)40-18-10-6-9-17-39-31(45)23-42-44-38)36(48)41-19-20-49-24-25-13-15-29(16-14-25)33-32(43-33)28-11-7-5-8-12-28;1-2-19(23)9-6-14-24-15-16-10-12-18(13-11-16)21-20(22-21)17-7-4-3-5-8-17;1-2-11(16)8-6-4-3-5-7-9-12(17)10-14-15-13;1-2-3(4)5/h5,7-8,11-16,26-27,30,32H,3-4,6,9-10,17-24H2,1-2H3,(H2,37,46)(H,39,45)(H,40,47)(H,41,48);2-5,7-8,10-13,20H,1,6,9,14-15H2;2H,1,3-10H2;2H,1H2,(H2,4,5). The molecule has 0 aliphatic carbocycles. The molecule has 0 aromatic heterocycles. The van der Waals surface area contributed by atoms with Crippen molar-refractivity contribution in [3.05, 3.63) is 201 Å². The van der Waals surface area contributed by atoms with Crippen LogP contribution >= 0.6 is 0 Å². The second-order valence-electron chi connectivity index (χ2n) is 22.6. The maximum atomic E-state index is 13.3. The van der Waals surface area contributed by atoms with E-state index in [0.717, 1.165) is 92.0 Å². The van der Waals surface area contributed by atoms with Crippen molar-refractivity contribution in [1.29, 1.82) is 0 Å². The van der Waals surface area contributed by atoms with Gasteiger partial charge in [-0.3, -0.25) is 48.3 Å². The van der Waals surface area contributed by atoms with Crippen molar-refractivity contribution in [1.82, 2.24) is 16.0 Å². The molecule has 2 aliphatic rings. The van der Waals surface area contributed by atoms with Crippen LogP contribution in [0.2, 0.25) is 0 Å². The maximum absolute atomic E-state index is 13.3. The molecule has 5 amide bonds. The fourth-order valence-corrected chi connectivity index (χ4v) is 9.71. The summed E-state index contributed by atoms with van der Waals surface area (Å²) in [7, 11) is 0. The molecule has 23 heteroatoms. The number of hydrogen-bond acceptors (Lipinski definition) is 14. The number of nitrogens with one attached hydrogen (secondary N) is 3. The van der Waals surface area contributed by atoms with Crippen molar-refractivity contribution in [2.24, 2.45) is 49.4 Å². The number of nitrogens with zero attached hydrogens (tertiary/aromatic N) is 8. The Labute approximate surface area is 558 Å². The number of unbranched alkanes of at least 4 members (excludes halogenated alkanes) is 6. The number of hydrogen-bond donors (Lipinski definition) is 5. The number of ketones is 3. The van der Waals surface area contributed by atoms with E-state index in [1.165, 1.54) is 28.8 Å². The van der Waals surface area contributed by atoms with Gasteiger partial charge in [0.25, 0.3) is 0 Å². The molecule has 23 nitrogen and oxygen atoms in total. The topological polar surface area (TPSA) is 365 Å². The van der Waals surface area contributed by atoms with E-state index in [2.05, 4.69) is 132 Å². The zero-order valence-electron chi connectivity index (χ0n) is 55.1. The molecule has 95 heavy (non-hydrogen) atoms. The van der Waals surface area contributed by atoms with Crippen molar-refractivity contribution < 1.29 is 47.8 Å². The number of allylic oxidation sites excluding steroid dienone is 2. The first-order valence-corrected chi connectivity index (χ1v) is 32.5. The van der Waals surface area contributed by atoms with Gasteiger partial charge in [0.2, 0.25) is 29.5 Å². The summed E-state index contributed by atoms with van der Waals surface area (Å²) in [4.78, 5) is 107. The summed E-state index contributed by atoms with van der Waals surface area (Å²) in [5.41, 5.74) is 35.5. The zero-order valence-corrected chi connectivity index (χ0v) is 55.1. The lowest BCUT2D eigenvalue weighted by Crippen LogP contribution is -2.39. The van der Waals surface area contributed by atoms with Crippen LogP contribution in [0.25, 0.3) is 20.9 Å². The van der Waals surface area contributed by atoms with E-state index in [1.54, 1.807) is 0 Å². The van der Waals surface area contributed by atoms with Crippen molar-refractivity contribution in [2.75, 3.05) is 45.9 Å². The number of benzene rings is 4. The molecule has 5 unspecified atom stereocenters. The number of primary amides is 2. The third kappa shape index (κ3) is 34.7. The fourth-order valence-electron chi connectivity index (χ4n) is 9.71. The molecule has 7 N–H and O–H groups in total. The van der Waals surface area contributed by atoms with Crippen LogP contribution in [-0.4, -0.2) is 104 Å². The molecule has 2 heterocycles. The highest BCUT2D eigenvalue weighted by atomic mass is 16.5. The maximum Gasteiger partial charge on any atom is 0.240 e. The van der Waals surface area contributed by atoms with Crippen molar-refractivity contribution in [3.63, 3.8) is 0 Å². The van der Waals surface area contributed by atoms with Gasteiger partial charge in [-0.1, -0.05) is 172 Å². The summed E-state index contributed by atoms with van der Waals surface area (Å²) >= 11 is 0. The Balaban J connectivity index is 0.000000418. The van der Waals surface area contributed by atoms with E-state index < -0.39 is 29.6 Å². The molecule has 0 saturated heterocycles. The van der Waals surface area contributed by atoms with Gasteiger partial charge in [0.1, 0.15) is 24.4 Å². The van der Waals surface area contributed by atoms with Gasteiger partial charge in [0.05, 0.1) is 37.8 Å². The summed E-state index contributed by atoms with van der Waals surface area (Å²) in [6.07, 6.45) is 14.7. The van der Waals surface area contributed by atoms with Gasteiger partial charge in [0.15, 0.2) is 11.6 Å². The summed E-state index contributed by atoms with van der Waals surface area (Å²) in [5.74, 6) is -2.88. The Morgan fingerprint density at radius 2 is 0.958 bits per heavy atom. The van der Waals surface area contributed by atoms with Gasteiger partial charge in [-0.05, 0) is 127 Å². The average molecular weight is 1300 g/mol. The van der Waals surface area contributed by atoms with Crippen molar-refractivity contribution in [2.45, 2.75) is 142 Å². The molecule has 5 atom stereocenters. The van der Waals surface area contributed by atoms with E-state index in [9.17, 15) is 38.4 Å². The predicted molar refractivity (Wildman–Crippen MR) is 370 cm³/mol. The largest absolute Gasteiger partial charge is 0.377 e. The highest BCUT2D eigenvalue weighted by molar-refractivity contribution is 6.14. The van der Waals surface area contributed by atoms with E-state index in [-0.39, 0.29) is 66.7 Å². The second-order valence-corrected chi connectivity index (χ2v) is 22.6. The Hall–Kier alpha value is -9.66. The molecule has 2 aliphatic heterocycles. The van der Waals surface area contributed by atoms with Gasteiger partial charge in [-0.2, -0.15) is 0 Å². The molecule has 0 saturated carbocycles. The number of carbonyl (C=O) groups excluding carboxylic acids is 8. The SMILES string of the molecule is C=CC(=O)CCCCCCCC(=O)CN=[N+]=[N-].C=CC(=O)CCCOCc1ccc(C2=NC2c2ccccc2)cc1.C=CC(N)=O.CCC(CC(CC(CC)C(=O)NCCCCCNC(=O)CN=[N+]=[N-])C(=O)NCCOCc1ccc(C2=NC2c2ccccc2)cc1)C(N)=O. The van der Waals surface area contributed by atoms with Gasteiger partial charge >= 0.3 is 0 Å². The number of azide groups is 2. The number of nitrogens with two attached hydrogens (primary N) is 2. The predicted octanol–water partition coefficient (Wildman–Crippen LogP) is 11.8. The number of amides is 5. The normalized spacial score (nSPS) is 13.8. The number of Topliss-reactive ketones (excluding diaryl/α,β-unsaturated/α-hetero) is 1. The lowest BCUT2D eigenvalue weighted by molar-refractivity contribution is -0.130. The molecule has 6 rings (SSSR count). The first kappa shape index (κ1) is 79.6. The van der Waals surface area contributed by atoms with Crippen LogP contribution in [0.4, 0.5) is 0 Å². The highest BCUT2D eigenvalue weighted by Crippen LogP contribution is 2.36. The van der Waals surface area contributed by atoms with Gasteiger partial charge in [-0.25, -0.2) is 0 Å². The Kier molecular flexibility index (Phi) is 40.3. The molecule has 0 radical (unpaired) electrons. The van der Waals surface area contributed by atoms with Crippen LogP contribution in [0.5, 0.6) is 0 Å². The molecular formula is C72H95N13O10. The lowest BCUT2D eigenvalue weighted by atomic mass is 9.83. The smallest absolute Gasteiger partial charge is 0.240 e. The monoisotopic (exact) mass is 1300 g/mol. The minimum Gasteiger partial charge on any atom is -0.377 e. The van der Waals surface area contributed by atoms with E-state index >= 15 is 0 Å². The number of aliphatic imine (C=N–C) groups is 2. The van der Waals surface area contributed by atoms with Crippen LogP contribution in [-0.2, 0) is 61.0 Å². The molecule has 0 fully saturated rings. The second kappa shape index (κ2) is 48.1.